The number of aliphatic carboxylic acids is 1. The molecule has 0 saturated heterocycles. The number of carboxylic acids is 1. The van der Waals surface area contributed by atoms with Crippen LogP contribution < -0.4 is 5.32 Å². The highest BCUT2D eigenvalue weighted by atomic mass is 16.4. The van der Waals surface area contributed by atoms with Gasteiger partial charge in [-0.25, -0.2) is 0 Å². The molecule has 1 aromatic rings. The molecule has 3 atom stereocenters. The van der Waals surface area contributed by atoms with E-state index in [1.54, 1.807) is 0 Å². The van der Waals surface area contributed by atoms with E-state index < -0.39 is 17.8 Å². The van der Waals surface area contributed by atoms with Crippen molar-refractivity contribution in [2.45, 2.75) is 45.6 Å². The van der Waals surface area contributed by atoms with Gasteiger partial charge in [0.2, 0.25) is 5.91 Å². The van der Waals surface area contributed by atoms with E-state index in [0.717, 1.165) is 18.4 Å². The van der Waals surface area contributed by atoms with Gasteiger partial charge in [0, 0.05) is 0 Å². The monoisotopic (exact) mass is 289 g/mol. The lowest BCUT2D eigenvalue weighted by atomic mass is 9.78. The lowest BCUT2D eigenvalue weighted by Crippen LogP contribution is -2.40. The van der Waals surface area contributed by atoms with Gasteiger partial charge in [0.25, 0.3) is 0 Å². The van der Waals surface area contributed by atoms with Crippen molar-refractivity contribution >= 4 is 11.9 Å². The van der Waals surface area contributed by atoms with Gasteiger partial charge in [0.05, 0.1) is 17.9 Å². The number of carboxylic acid groups (broad SMARTS) is 1. The Labute approximate surface area is 125 Å². The smallest absolute Gasteiger partial charge is 0.307 e. The van der Waals surface area contributed by atoms with Crippen LogP contribution in [0.5, 0.6) is 0 Å². The molecular formula is C17H23NO3. The van der Waals surface area contributed by atoms with Crippen molar-refractivity contribution in [3.8, 4) is 0 Å². The van der Waals surface area contributed by atoms with Crippen LogP contribution in [0.15, 0.2) is 24.3 Å². The fourth-order valence-electron chi connectivity index (χ4n) is 3.00. The van der Waals surface area contributed by atoms with E-state index in [1.807, 2.05) is 38.1 Å². The van der Waals surface area contributed by atoms with Crippen molar-refractivity contribution in [3.63, 3.8) is 0 Å². The fraction of sp³-hybridized carbons (Fsp3) is 0.529. The standard InChI is InChI=1S/C17H23NO3/c1-11-7-9-13(10-8-11)12(2)18-16(19)14-5-3-4-6-15(14)17(20)21/h7-10,12,14-15H,3-6H2,1-2H3,(H,18,19)(H,20,21)/t12-,14-,15-/m0/s1. The molecule has 0 aliphatic heterocycles. The van der Waals surface area contributed by atoms with E-state index >= 15 is 0 Å². The fourth-order valence-corrected chi connectivity index (χ4v) is 3.00. The molecule has 0 radical (unpaired) electrons. The number of carbonyl (C=O) groups is 2. The zero-order chi connectivity index (χ0) is 15.4. The number of hydrogen-bond acceptors (Lipinski definition) is 2. The minimum atomic E-state index is -0.849. The Kier molecular flexibility index (Phi) is 4.99. The van der Waals surface area contributed by atoms with Crippen LogP contribution in [0.1, 0.15) is 49.8 Å². The second-order valence-electron chi connectivity index (χ2n) is 5.98. The highest BCUT2D eigenvalue weighted by molar-refractivity contribution is 5.85. The number of aryl methyl sites for hydroxylation is 1. The number of carbonyl (C=O) groups excluding carboxylic acids is 1. The van der Waals surface area contributed by atoms with Gasteiger partial charge in [-0.3, -0.25) is 9.59 Å². The third kappa shape index (κ3) is 3.84. The van der Waals surface area contributed by atoms with Gasteiger partial charge in [-0.05, 0) is 32.3 Å². The van der Waals surface area contributed by atoms with Gasteiger partial charge in [-0.15, -0.1) is 0 Å². The topological polar surface area (TPSA) is 66.4 Å². The highest BCUT2D eigenvalue weighted by Crippen LogP contribution is 2.31. The van der Waals surface area contributed by atoms with Gasteiger partial charge in [0.1, 0.15) is 0 Å². The van der Waals surface area contributed by atoms with Crippen molar-refractivity contribution in [1.29, 1.82) is 0 Å². The van der Waals surface area contributed by atoms with Crippen molar-refractivity contribution < 1.29 is 14.7 Å². The number of rotatable bonds is 4. The second-order valence-corrected chi connectivity index (χ2v) is 5.98. The number of nitrogens with one attached hydrogen (secondary N) is 1. The molecule has 1 saturated carbocycles. The summed E-state index contributed by atoms with van der Waals surface area (Å²) >= 11 is 0. The van der Waals surface area contributed by atoms with Gasteiger partial charge in [-0.2, -0.15) is 0 Å². The van der Waals surface area contributed by atoms with Gasteiger partial charge >= 0.3 is 5.97 Å². The molecule has 0 bridgehead atoms. The molecule has 1 amide bonds. The van der Waals surface area contributed by atoms with Crippen molar-refractivity contribution in [3.05, 3.63) is 35.4 Å². The first-order valence-corrected chi connectivity index (χ1v) is 7.59. The predicted octanol–water partition coefficient (Wildman–Crippen LogP) is 3.06. The summed E-state index contributed by atoms with van der Waals surface area (Å²) in [5.74, 6) is -1.92. The van der Waals surface area contributed by atoms with E-state index in [-0.39, 0.29) is 11.9 Å². The van der Waals surface area contributed by atoms with Crippen LogP contribution in [0.25, 0.3) is 0 Å². The first-order valence-electron chi connectivity index (χ1n) is 7.59. The average Bonchev–Trinajstić information content (AvgIpc) is 2.47. The maximum absolute atomic E-state index is 12.4. The summed E-state index contributed by atoms with van der Waals surface area (Å²) in [6.45, 7) is 3.95. The molecule has 2 N–H and O–H groups in total. The summed E-state index contributed by atoms with van der Waals surface area (Å²) in [7, 11) is 0. The predicted molar refractivity (Wildman–Crippen MR) is 80.8 cm³/mol. The normalized spacial score (nSPS) is 23.3. The summed E-state index contributed by atoms with van der Waals surface area (Å²) in [6, 6.07) is 7.91. The molecule has 114 valence electrons. The van der Waals surface area contributed by atoms with Crippen molar-refractivity contribution in [1.82, 2.24) is 5.32 Å². The SMILES string of the molecule is Cc1ccc([C@H](C)NC(=O)[C@H]2CCCC[C@@H]2C(=O)O)cc1. The Balaban J connectivity index is 2.02. The molecular weight excluding hydrogens is 266 g/mol. The van der Waals surface area contributed by atoms with Crippen LogP contribution >= 0.6 is 0 Å². The Bertz CT molecular complexity index is 509. The van der Waals surface area contributed by atoms with Crippen LogP contribution in [0.3, 0.4) is 0 Å². The Morgan fingerprint density at radius 3 is 2.29 bits per heavy atom. The molecule has 4 heteroatoms. The van der Waals surface area contributed by atoms with Crippen molar-refractivity contribution in [2.75, 3.05) is 0 Å². The minimum absolute atomic E-state index is 0.102. The zero-order valence-corrected chi connectivity index (χ0v) is 12.6. The van der Waals surface area contributed by atoms with Crippen LogP contribution in [0, 0.1) is 18.8 Å². The Morgan fingerprint density at radius 1 is 1.14 bits per heavy atom. The second kappa shape index (κ2) is 6.74. The maximum Gasteiger partial charge on any atom is 0.307 e. The molecule has 1 aliphatic carbocycles. The quantitative estimate of drug-likeness (QED) is 0.895. The number of benzene rings is 1. The molecule has 0 aromatic heterocycles. The van der Waals surface area contributed by atoms with Gasteiger partial charge < -0.3 is 10.4 Å². The first kappa shape index (κ1) is 15.5. The van der Waals surface area contributed by atoms with E-state index in [1.165, 1.54) is 5.56 Å². The third-order valence-corrected chi connectivity index (χ3v) is 4.36. The molecule has 1 aromatic carbocycles. The summed E-state index contributed by atoms with van der Waals surface area (Å²) in [6.07, 6.45) is 3.10. The molecule has 0 unspecified atom stereocenters. The lowest BCUT2D eigenvalue weighted by molar-refractivity contribution is -0.149. The average molecular weight is 289 g/mol. The molecule has 4 nitrogen and oxygen atoms in total. The maximum atomic E-state index is 12.4. The van der Waals surface area contributed by atoms with Crippen LogP contribution in [0.4, 0.5) is 0 Å². The largest absolute Gasteiger partial charge is 0.481 e. The summed E-state index contributed by atoms with van der Waals surface area (Å²) < 4.78 is 0. The van der Waals surface area contributed by atoms with Gasteiger partial charge in [0.15, 0.2) is 0 Å². The summed E-state index contributed by atoms with van der Waals surface area (Å²) in [5.41, 5.74) is 2.21. The van der Waals surface area contributed by atoms with E-state index in [2.05, 4.69) is 5.32 Å². The van der Waals surface area contributed by atoms with Crippen LogP contribution in [0.2, 0.25) is 0 Å². The Morgan fingerprint density at radius 2 is 1.71 bits per heavy atom. The van der Waals surface area contributed by atoms with Crippen LogP contribution in [-0.4, -0.2) is 17.0 Å². The molecule has 0 heterocycles. The van der Waals surface area contributed by atoms with Crippen LogP contribution in [-0.2, 0) is 9.59 Å². The summed E-state index contributed by atoms with van der Waals surface area (Å²) in [5, 5.41) is 12.2. The van der Waals surface area contributed by atoms with E-state index in [9.17, 15) is 14.7 Å². The number of hydrogen-bond donors (Lipinski definition) is 2. The molecule has 0 spiro atoms. The van der Waals surface area contributed by atoms with E-state index in [0.29, 0.717) is 12.8 Å². The third-order valence-electron chi connectivity index (χ3n) is 4.36. The van der Waals surface area contributed by atoms with E-state index in [4.69, 9.17) is 0 Å². The summed E-state index contributed by atoms with van der Waals surface area (Å²) in [4.78, 5) is 23.7. The molecule has 1 aliphatic rings. The van der Waals surface area contributed by atoms with Crippen molar-refractivity contribution in [2.24, 2.45) is 11.8 Å². The molecule has 1 fully saturated rings. The minimum Gasteiger partial charge on any atom is -0.481 e. The number of amides is 1. The highest BCUT2D eigenvalue weighted by Gasteiger charge is 2.36. The molecule has 2 rings (SSSR count). The van der Waals surface area contributed by atoms with Gasteiger partial charge in [-0.1, -0.05) is 42.7 Å². The lowest BCUT2D eigenvalue weighted by Gasteiger charge is -2.28. The first-order chi connectivity index (χ1) is 9.99. The molecule has 21 heavy (non-hydrogen) atoms. The Hall–Kier alpha value is -1.84. The zero-order valence-electron chi connectivity index (χ0n) is 12.6.